The number of hydrogen-bond acceptors (Lipinski definition) is 4. The molecule has 0 saturated heterocycles. The molecule has 22 heavy (non-hydrogen) atoms. The average Bonchev–Trinajstić information content (AvgIpc) is 2.52. The van der Waals surface area contributed by atoms with E-state index in [2.05, 4.69) is 27.5 Å². The molecule has 5 nitrogen and oxygen atoms in total. The molecule has 116 valence electrons. The molecule has 0 aliphatic carbocycles. The first kappa shape index (κ1) is 16.2. The number of halogens is 1. The third-order valence-corrected chi connectivity index (χ3v) is 3.27. The first-order chi connectivity index (χ1) is 10.7. The lowest BCUT2D eigenvalue weighted by molar-refractivity contribution is 0.0948. The van der Waals surface area contributed by atoms with E-state index in [0.29, 0.717) is 23.2 Å². The van der Waals surface area contributed by atoms with E-state index in [9.17, 15) is 4.79 Å². The van der Waals surface area contributed by atoms with Gasteiger partial charge in [-0.1, -0.05) is 37.4 Å². The van der Waals surface area contributed by atoms with Crippen LogP contribution in [0.1, 0.15) is 36.7 Å². The molecule has 0 unspecified atom stereocenters. The summed E-state index contributed by atoms with van der Waals surface area (Å²) in [5.41, 5.74) is 1.11. The van der Waals surface area contributed by atoms with Crippen molar-refractivity contribution in [3.05, 3.63) is 47.2 Å². The number of aromatic nitrogens is 2. The molecule has 0 spiro atoms. The third kappa shape index (κ3) is 5.00. The van der Waals surface area contributed by atoms with E-state index in [0.717, 1.165) is 24.9 Å². The van der Waals surface area contributed by atoms with Crippen LogP contribution in [0.2, 0.25) is 5.02 Å². The molecule has 0 saturated carbocycles. The number of nitrogens with one attached hydrogen (secondary N) is 2. The van der Waals surface area contributed by atoms with Crippen LogP contribution in [-0.2, 0) is 0 Å². The predicted octanol–water partition coefficient (Wildman–Crippen LogP) is 3.79. The van der Waals surface area contributed by atoms with Crippen molar-refractivity contribution in [3.63, 3.8) is 0 Å². The number of hydrogen-bond donors (Lipinski definition) is 2. The SMILES string of the molecule is CCCCCNC(=O)c1ccnc(Nc2cccc(Cl)c2)n1. The summed E-state index contributed by atoms with van der Waals surface area (Å²) in [6.45, 7) is 2.79. The van der Waals surface area contributed by atoms with Crippen LogP contribution in [0.3, 0.4) is 0 Å². The second kappa shape index (κ2) is 8.34. The van der Waals surface area contributed by atoms with Crippen LogP contribution in [0.25, 0.3) is 0 Å². The van der Waals surface area contributed by atoms with Gasteiger partial charge in [0.05, 0.1) is 0 Å². The highest BCUT2D eigenvalue weighted by atomic mass is 35.5. The molecule has 0 fully saturated rings. The lowest BCUT2D eigenvalue weighted by Crippen LogP contribution is -2.25. The van der Waals surface area contributed by atoms with Crippen molar-refractivity contribution in [2.45, 2.75) is 26.2 Å². The summed E-state index contributed by atoms with van der Waals surface area (Å²) in [7, 11) is 0. The minimum absolute atomic E-state index is 0.187. The van der Waals surface area contributed by atoms with Gasteiger partial charge in [-0.25, -0.2) is 9.97 Å². The Balaban J connectivity index is 1.98. The molecule has 0 aliphatic rings. The van der Waals surface area contributed by atoms with Gasteiger partial charge < -0.3 is 10.6 Å². The zero-order valence-electron chi connectivity index (χ0n) is 12.5. The Kier molecular flexibility index (Phi) is 6.15. The van der Waals surface area contributed by atoms with Gasteiger partial charge in [0, 0.05) is 23.5 Å². The fourth-order valence-corrected chi connectivity index (χ4v) is 2.10. The van der Waals surface area contributed by atoms with E-state index in [-0.39, 0.29) is 5.91 Å². The number of rotatable bonds is 7. The van der Waals surface area contributed by atoms with Crippen molar-refractivity contribution in [1.82, 2.24) is 15.3 Å². The fraction of sp³-hybridized carbons (Fsp3) is 0.312. The van der Waals surface area contributed by atoms with Crippen LogP contribution in [-0.4, -0.2) is 22.4 Å². The molecular formula is C16H19ClN4O. The van der Waals surface area contributed by atoms with E-state index >= 15 is 0 Å². The number of carbonyl (C=O) groups is 1. The molecule has 0 bridgehead atoms. The van der Waals surface area contributed by atoms with Crippen molar-refractivity contribution in [1.29, 1.82) is 0 Å². The quantitative estimate of drug-likeness (QED) is 0.762. The zero-order valence-corrected chi connectivity index (χ0v) is 13.2. The zero-order chi connectivity index (χ0) is 15.8. The summed E-state index contributed by atoms with van der Waals surface area (Å²) in [5, 5.41) is 6.51. The first-order valence-electron chi connectivity index (χ1n) is 7.33. The molecule has 6 heteroatoms. The van der Waals surface area contributed by atoms with E-state index in [1.807, 2.05) is 12.1 Å². The molecule has 2 aromatic rings. The fourth-order valence-electron chi connectivity index (χ4n) is 1.91. The van der Waals surface area contributed by atoms with Gasteiger partial charge in [0.1, 0.15) is 5.69 Å². The summed E-state index contributed by atoms with van der Waals surface area (Å²) >= 11 is 5.93. The molecule has 0 atom stereocenters. The number of benzene rings is 1. The summed E-state index contributed by atoms with van der Waals surface area (Å²) in [5.74, 6) is 0.177. The molecule has 2 rings (SSSR count). The molecule has 1 heterocycles. The number of anilines is 2. The number of carbonyl (C=O) groups excluding carboxylic acids is 1. The lowest BCUT2D eigenvalue weighted by atomic mass is 10.2. The standard InChI is InChI=1S/C16H19ClN4O/c1-2-3-4-9-18-15(22)14-8-10-19-16(21-14)20-13-7-5-6-12(17)11-13/h5-8,10-11H,2-4,9H2,1H3,(H,18,22)(H,19,20,21). The van der Waals surface area contributed by atoms with Gasteiger partial charge in [0.2, 0.25) is 5.95 Å². The predicted molar refractivity (Wildman–Crippen MR) is 88.6 cm³/mol. The van der Waals surface area contributed by atoms with Gasteiger partial charge >= 0.3 is 0 Å². The van der Waals surface area contributed by atoms with Crippen LogP contribution in [0, 0.1) is 0 Å². The molecule has 0 radical (unpaired) electrons. The van der Waals surface area contributed by atoms with E-state index in [1.54, 1.807) is 24.4 Å². The Morgan fingerprint density at radius 2 is 2.14 bits per heavy atom. The van der Waals surface area contributed by atoms with Crippen LogP contribution in [0.15, 0.2) is 36.5 Å². The van der Waals surface area contributed by atoms with Gasteiger partial charge in [-0.2, -0.15) is 0 Å². The normalized spacial score (nSPS) is 10.3. The maximum Gasteiger partial charge on any atom is 0.270 e. The van der Waals surface area contributed by atoms with Crippen LogP contribution >= 0.6 is 11.6 Å². The van der Waals surface area contributed by atoms with Crippen molar-refractivity contribution >= 4 is 29.1 Å². The average molecular weight is 319 g/mol. The highest BCUT2D eigenvalue weighted by Gasteiger charge is 2.08. The van der Waals surface area contributed by atoms with Crippen molar-refractivity contribution in [2.24, 2.45) is 0 Å². The molecule has 1 aromatic carbocycles. The van der Waals surface area contributed by atoms with Crippen molar-refractivity contribution < 1.29 is 4.79 Å². The van der Waals surface area contributed by atoms with Crippen LogP contribution in [0.4, 0.5) is 11.6 Å². The summed E-state index contributed by atoms with van der Waals surface area (Å²) < 4.78 is 0. The third-order valence-electron chi connectivity index (χ3n) is 3.03. The van der Waals surface area contributed by atoms with E-state index in [1.165, 1.54) is 0 Å². The Bertz CT molecular complexity index is 633. The number of amides is 1. The van der Waals surface area contributed by atoms with Gasteiger partial charge in [-0.3, -0.25) is 4.79 Å². The van der Waals surface area contributed by atoms with Gasteiger partial charge in [-0.05, 0) is 30.7 Å². The van der Waals surface area contributed by atoms with E-state index in [4.69, 9.17) is 11.6 Å². The topological polar surface area (TPSA) is 66.9 Å². The Morgan fingerprint density at radius 1 is 1.27 bits per heavy atom. The highest BCUT2D eigenvalue weighted by Crippen LogP contribution is 2.17. The number of nitrogens with zero attached hydrogens (tertiary/aromatic N) is 2. The van der Waals surface area contributed by atoms with Crippen LogP contribution < -0.4 is 10.6 Å². The Labute approximate surface area is 135 Å². The van der Waals surface area contributed by atoms with Crippen molar-refractivity contribution in [2.75, 3.05) is 11.9 Å². The van der Waals surface area contributed by atoms with Gasteiger partial charge in [0.15, 0.2) is 0 Å². The first-order valence-corrected chi connectivity index (χ1v) is 7.70. The van der Waals surface area contributed by atoms with Crippen molar-refractivity contribution in [3.8, 4) is 0 Å². The minimum Gasteiger partial charge on any atom is -0.351 e. The molecule has 1 amide bonds. The largest absolute Gasteiger partial charge is 0.351 e. The maximum atomic E-state index is 12.0. The lowest BCUT2D eigenvalue weighted by Gasteiger charge is -2.07. The smallest absolute Gasteiger partial charge is 0.270 e. The summed E-state index contributed by atoms with van der Waals surface area (Å²) in [4.78, 5) is 20.3. The van der Waals surface area contributed by atoms with Crippen LogP contribution in [0.5, 0.6) is 0 Å². The number of unbranched alkanes of at least 4 members (excludes halogenated alkanes) is 2. The minimum atomic E-state index is -0.187. The summed E-state index contributed by atoms with van der Waals surface area (Å²) in [6.07, 6.45) is 4.75. The molecule has 0 aliphatic heterocycles. The second-order valence-corrected chi connectivity index (χ2v) is 5.30. The maximum absolute atomic E-state index is 12.0. The van der Waals surface area contributed by atoms with E-state index < -0.39 is 0 Å². The molecular weight excluding hydrogens is 300 g/mol. The highest BCUT2D eigenvalue weighted by molar-refractivity contribution is 6.30. The molecule has 1 aromatic heterocycles. The van der Waals surface area contributed by atoms with Gasteiger partial charge in [-0.15, -0.1) is 0 Å². The monoisotopic (exact) mass is 318 g/mol. The molecule has 2 N–H and O–H groups in total. The Hall–Kier alpha value is -2.14. The van der Waals surface area contributed by atoms with Gasteiger partial charge in [0.25, 0.3) is 5.91 Å². The summed E-state index contributed by atoms with van der Waals surface area (Å²) in [6, 6.07) is 8.83. The second-order valence-electron chi connectivity index (χ2n) is 4.86. The Morgan fingerprint density at radius 3 is 2.91 bits per heavy atom.